The third kappa shape index (κ3) is 3.81. The molecule has 33 heavy (non-hydrogen) atoms. The smallest absolute Gasteiger partial charge is 0.474 e. The molecule has 0 radical (unpaired) electrons. The second kappa shape index (κ2) is 7.70. The first kappa shape index (κ1) is 24.1. The van der Waals surface area contributed by atoms with Gasteiger partial charge in [0, 0.05) is 17.4 Å². The largest absolute Gasteiger partial charge is 0.493 e. The van der Waals surface area contributed by atoms with E-state index in [1.807, 2.05) is 0 Å². The molecule has 2 heterocycles. The van der Waals surface area contributed by atoms with Crippen molar-refractivity contribution in [1.82, 2.24) is 4.23 Å². The van der Waals surface area contributed by atoms with Crippen molar-refractivity contribution < 1.29 is 14.0 Å². The van der Waals surface area contributed by atoms with Crippen LogP contribution in [0.5, 0.6) is 5.75 Å². The lowest BCUT2D eigenvalue weighted by atomic mass is 9.43. The number of fused-ring (bicyclic) bond motifs is 1. The van der Waals surface area contributed by atoms with Crippen LogP contribution in [0.3, 0.4) is 0 Å². The summed E-state index contributed by atoms with van der Waals surface area (Å²) in [4.78, 5) is 0. The van der Waals surface area contributed by atoms with Crippen LogP contribution >= 0.6 is 0 Å². The summed E-state index contributed by atoms with van der Waals surface area (Å²) in [5, 5.41) is 0. The van der Waals surface area contributed by atoms with Gasteiger partial charge in [0.25, 0.3) is 0 Å². The zero-order valence-corrected chi connectivity index (χ0v) is 24.3. The quantitative estimate of drug-likeness (QED) is 0.452. The summed E-state index contributed by atoms with van der Waals surface area (Å²) < 4.78 is 23.1. The number of ether oxygens (including phenoxy) is 1. The SMILES string of the molecule is CC1(C)[C@@H]2C[C@H]3OB(C(C[C@H]4COc5ccccc54)N([Si](C)(C)C)[Si](C)(C)C)O[C@@]3(C)[C@H]1C2. The van der Waals surface area contributed by atoms with Crippen molar-refractivity contribution in [3.63, 3.8) is 0 Å². The number of hydrogen-bond donors (Lipinski definition) is 0. The van der Waals surface area contributed by atoms with E-state index in [4.69, 9.17) is 14.0 Å². The number of rotatable bonds is 6. The van der Waals surface area contributed by atoms with Gasteiger partial charge in [-0.15, -0.1) is 0 Å². The van der Waals surface area contributed by atoms with Gasteiger partial charge in [-0.1, -0.05) is 71.3 Å². The van der Waals surface area contributed by atoms with E-state index in [0.29, 0.717) is 17.3 Å². The van der Waals surface area contributed by atoms with Gasteiger partial charge in [0.05, 0.1) is 18.3 Å². The average Bonchev–Trinajstić information content (AvgIpc) is 3.25. The van der Waals surface area contributed by atoms with Gasteiger partial charge in [0.2, 0.25) is 0 Å². The van der Waals surface area contributed by atoms with Gasteiger partial charge in [-0.3, -0.25) is 0 Å². The highest BCUT2D eigenvalue weighted by Gasteiger charge is 2.69. The summed E-state index contributed by atoms with van der Waals surface area (Å²) in [6.45, 7) is 23.0. The maximum Gasteiger partial charge on any atom is 0.474 e. The van der Waals surface area contributed by atoms with E-state index in [1.165, 1.54) is 12.0 Å². The fraction of sp³-hybridized carbons (Fsp3) is 0.769. The summed E-state index contributed by atoms with van der Waals surface area (Å²) in [6.07, 6.45) is 3.73. The van der Waals surface area contributed by atoms with E-state index in [9.17, 15) is 0 Å². The number of nitrogens with zero attached hydrogens (tertiary/aromatic N) is 1. The minimum absolute atomic E-state index is 0.152. The molecule has 182 valence electrons. The Labute approximate surface area is 204 Å². The summed E-state index contributed by atoms with van der Waals surface area (Å²) in [5.74, 6) is 3.11. The maximum absolute atomic E-state index is 7.11. The Morgan fingerprint density at radius 1 is 1.03 bits per heavy atom. The molecule has 0 spiro atoms. The molecule has 4 nitrogen and oxygen atoms in total. The molecular formula is C26H44BNO3Si2. The van der Waals surface area contributed by atoms with E-state index in [-0.39, 0.29) is 24.8 Å². The van der Waals surface area contributed by atoms with Crippen LogP contribution in [0.4, 0.5) is 0 Å². The Balaban J connectivity index is 1.49. The van der Waals surface area contributed by atoms with Crippen molar-refractivity contribution in [3.05, 3.63) is 29.8 Å². The molecule has 0 N–H and O–H groups in total. The van der Waals surface area contributed by atoms with Gasteiger partial charge >= 0.3 is 7.12 Å². The van der Waals surface area contributed by atoms with Crippen molar-refractivity contribution in [2.45, 2.75) is 103 Å². The minimum Gasteiger partial charge on any atom is -0.493 e. The summed E-state index contributed by atoms with van der Waals surface area (Å²) >= 11 is 0. The summed E-state index contributed by atoms with van der Waals surface area (Å²) in [7, 11) is -3.41. The first-order valence-corrected chi connectivity index (χ1v) is 20.0. The normalized spacial score (nSPS) is 35.6. The van der Waals surface area contributed by atoms with E-state index < -0.39 is 16.5 Å². The monoisotopic (exact) mass is 485 g/mol. The van der Waals surface area contributed by atoms with Crippen LogP contribution in [0.25, 0.3) is 0 Å². The van der Waals surface area contributed by atoms with Crippen molar-refractivity contribution in [2.24, 2.45) is 17.3 Å². The highest BCUT2D eigenvalue weighted by Crippen LogP contribution is 2.66. The minimum atomic E-state index is -1.63. The summed E-state index contributed by atoms with van der Waals surface area (Å²) in [5.41, 5.74) is 1.57. The summed E-state index contributed by atoms with van der Waals surface area (Å²) in [6, 6.07) is 8.61. The molecule has 2 bridgehead atoms. The molecular weight excluding hydrogens is 441 g/mol. The second-order valence-corrected chi connectivity index (χ2v) is 24.0. The number of hydrogen-bond acceptors (Lipinski definition) is 4. The van der Waals surface area contributed by atoms with Crippen molar-refractivity contribution >= 4 is 23.6 Å². The van der Waals surface area contributed by atoms with Gasteiger partial charge in [-0.2, -0.15) is 0 Å². The lowest BCUT2D eigenvalue weighted by Gasteiger charge is -2.64. The first-order valence-electron chi connectivity index (χ1n) is 13.1. The Bertz CT molecular complexity index is 900. The van der Waals surface area contributed by atoms with E-state index >= 15 is 0 Å². The Hall–Kier alpha value is -0.601. The molecule has 3 aliphatic carbocycles. The molecule has 6 atom stereocenters. The maximum atomic E-state index is 7.11. The van der Waals surface area contributed by atoms with Gasteiger partial charge in [0.1, 0.15) is 22.2 Å². The van der Waals surface area contributed by atoms with Crippen LogP contribution in [0.1, 0.15) is 51.5 Å². The molecule has 4 fully saturated rings. The molecule has 1 aromatic carbocycles. The van der Waals surface area contributed by atoms with E-state index in [2.05, 4.69) is 88.5 Å². The molecule has 0 amide bonds. The third-order valence-corrected chi connectivity index (χ3v) is 17.0. The van der Waals surface area contributed by atoms with Crippen LogP contribution in [0.2, 0.25) is 39.3 Å². The van der Waals surface area contributed by atoms with Gasteiger partial charge in [0.15, 0.2) is 0 Å². The Morgan fingerprint density at radius 3 is 2.33 bits per heavy atom. The van der Waals surface area contributed by atoms with Crippen LogP contribution in [0.15, 0.2) is 24.3 Å². The van der Waals surface area contributed by atoms with Crippen LogP contribution in [0, 0.1) is 17.3 Å². The Kier molecular flexibility index (Phi) is 5.62. The lowest BCUT2D eigenvalue weighted by molar-refractivity contribution is -0.199. The van der Waals surface area contributed by atoms with Gasteiger partial charge in [-0.25, -0.2) is 0 Å². The molecule has 2 aliphatic heterocycles. The zero-order chi connectivity index (χ0) is 24.0. The molecule has 0 aromatic heterocycles. The first-order chi connectivity index (χ1) is 15.2. The van der Waals surface area contributed by atoms with E-state index in [1.54, 1.807) is 0 Å². The molecule has 1 saturated heterocycles. The van der Waals surface area contributed by atoms with E-state index in [0.717, 1.165) is 31.1 Å². The lowest BCUT2D eigenvalue weighted by Crippen LogP contribution is -2.68. The fourth-order valence-electron chi connectivity index (χ4n) is 8.12. The van der Waals surface area contributed by atoms with Crippen molar-refractivity contribution in [3.8, 4) is 5.75 Å². The fourth-order valence-corrected chi connectivity index (χ4v) is 18.6. The van der Waals surface area contributed by atoms with Crippen molar-refractivity contribution in [1.29, 1.82) is 0 Å². The predicted molar refractivity (Wildman–Crippen MR) is 142 cm³/mol. The topological polar surface area (TPSA) is 30.9 Å². The highest BCUT2D eigenvalue weighted by atomic mass is 28.4. The standard InChI is InChI=1S/C26H44BNO3Si2/c1-25(2)19-15-22(25)26(3)23(16-19)30-27(31-26)24(28(32(4,5)6)33(7,8)9)14-18-17-29-21-13-11-10-12-20(18)21/h10-13,18-19,22-24H,14-17H2,1-9H3/t18-,19-,22-,23+,24?,26-/m0/s1. The molecule has 5 aliphatic rings. The Morgan fingerprint density at radius 2 is 1.70 bits per heavy atom. The molecule has 1 unspecified atom stereocenters. The predicted octanol–water partition coefficient (Wildman–Crippen LogP) is 6.16. The van der Waals surface area contributed by atoms with Gasteiger partial charge in [-0.05, 0) is 49.5 Å². The number of benzene rings is 1. The average molecular weight is 486 g/mol. The molecule has 1 aromatic rings. The van der Waals surface area contributed by atoms with Gasteiger partial charge < -0.3 is 18.3 Å². The van der Waals surface area contributed by atoms with Crippen molar-refractivity contribution in [2.75, 3.05) is 6.61 Å². The van der Waals surface area contributed by atoms with Crippen LogP contribution < -0.4 is 4.74 Å². The number of para-hydroxylation sites is 1. The molecule has 7 heteroatoms. The second-order valence-electron chi connectivity index (χ2n) is 13.9. The van der Waals surface area contributed by atoms with Crippen LogP contribution in [-0.4, -0.2) is 52.1 Å². The molecule has 3 saturated carbocycles. The highest BCUT2D eigenvalue weighted by molar-refractivity contribution is 6.90. The van der Waals surface area contributed by atoms with Crippen LogP contribution in [-0.2, 0) is 9.31 Å². The zero-order valence-electron chi connectivity index (χ0n) is 22.3. The molecule has 6 rings (SSSR count). The third-order valence-electron chi connectivity index (χ3n) is 9.38.